The minimum Gasteiger partial charge on any atom is -0.508 e. The summed E-state index contributed by atoms with van der Waals surface area (Å²) in [4.78, 5) is 11.2. The maximum Gasteiger partial charge on any atom is 0.162 e. The number of ether oxygens (including phenoxy) is 2. The van der Waals surface area contributed by atoms with E-state index < -0.39 is 0 Å². The molecule has 0 saturated heterocycles. The van der Waals surface area contributed by atoms with Gasteiger partial charge in [-0.3, -0.25) is 4.79 Å². The fraction of sp³-hybridized carbons (Fsp3) is 0.308. The Balaban J connectivity index is 1.97. The van der Waals surface area contributed by atoms with Crippen LogP contribution in [0.2, 0.25) is 0 Å². The molecule has 0 aromatic heterocycles. The van der Waals surface area contributed by atoms with Gasteiger partial charge in [0.25, 0.3) is 0 Å². The Kier molecular flexibility index (Phi) is 3.32. The van der Waals surface area contributed by atoms with Gasteiger partial charge >= 0.3 is 0 Å². The molecule has 0 spiro atoms. The second-order valence-electron chi connectivity index (χ2n) is 3.96. The summed E-state index contributed by atoms with van der Waals surface area (Å²) in [5.74, 6) is 0.875. The summed E-state index contributed by atoms with van der Waals surface area (Å²) >= 11 is 0. The van der Waals surface area contributed by atoms with Gasteiger partial charge in [-0.2, -0.15) is 0 Å². The molecule has 1 aromatic rings. The van der Waals surface area contributed by atoms with Gasteiger partial charge in [0.05, 0.1) is 12.7 Å². The Labute approximate surface area is 99.5 Å². The smallest absolute Gasteiger partial charge is 0.162 e. The zero-order chi connectivity index (χ0) is 12.3. The maximum atomic E-state index is 11.2. The first kappa shape index (κ1) is 11.5. The van der Waals surface area contributed by atoms with E-state index in [1.165, 1.54) is 12.3 Å². The van der Waals surface area contributed by atoms with E-state index in [2.05, 4.69) is 0 Å². The second-order valence-corrected chi connectivity index (χ2v) is 3.96. The Hall–Kier alpha value is -1.97. The van der Waals surface area contributed by atoms with Gasteiger partial charge in [0.2, 0.25) is 0 Å². The molecule has 0 saturated carbocycles. The van der Waals surface area contributed by atoms with Crippen molar-refractivity contribution in [1.29, 1.82) is 0 Å². The van der Waals surface area contributed by atoms with E-state index in [-0.39, 0.29) is 23.7 Å². The third-order valence-electron chi connectivity index (χ3n) is 2.59. The normalized spacial score (nSPS) is 20.8. The van der Waals surface area contributed by atoms with Crippen LogP contribution in [0.5, 0.6) is 11.5 Å². The van der Waals surface area contributed by atoms with Crippen molar-refractivity contribution in [2.24, 2.45) is 0 Å². The van der Waals surface area contributed by atoms with Crippen molar-refractivity contribution in [2.75, 3.05) is 0 Å². The number of phenolic OH excluding ortho intramolecular Hbond substituents is 1. The highest BCUT2D eigenvalue weighted by Crippen LogP contribution is 2.20. The topological polar surface area (TPSA) is 55.8 Å². The Bertz CT molecular complexity index is 422. The van der Waals surface area contributed by atoms with Crippen molar-refractivity contribution in [2.45, 2.75) is 25.6 Å². The SMILES string of the molecule is C[C@@H](Oc1ccc(O)cc1)[C@H]1CC(=O)C=CO1. The molecule has 1 N–H and O–H groups in total. The van der Waals surface area contributed by atoms with Gasteiger partial charge in [-0.05, 0) is 31.2 Å². The lowest BCUT2D eigenvalue weighted by molar-refractivity contribution is -0.119. The highest BCUT2D eigenvalue weighted by Gasteiger charge is 2.24. The van der Waals surface area contributed by atoms with E-state index in [0.717, 1.165) is 0 Å². The molecule has 2 rings (SSSR count). The monoisotopic (exact) mass is 234 g/mol. The average Bonchev–Trinajstić information content (AvgIpc) is 2.32. The van der Waals surface area contributed by atoms with Crippen molar-refractivity contribution in [3.63, 3.8) is 0 Å². The second kappa shape index (κ2) is 4.91. The zero-order valence-corrected chi connectivity index (χ0v) is 9.50. The molecular weight excluding hydrogens is 220 g/mol. The van der Waals surface area contributed by atoms with Crippen LogP contribution in [-0.4, -0.2) is 23.1 Å². The van der Waals surface area contributed by atoms with Gasteiger partial charge in [-0.25, -0.2) is 0 Å². The molecule has 2 atom stereocenters. The summed E-state index contributed by atoms with van der Waals surface area (Å²) in [6.45, 7) is 1.85. The van der Waals surface area contributed by atoms with Crippen LogP contribution in [0.25, 0.3) is 0 Å². The Morgan fingerprint density at radius 3 is 2.76 bits per heavy atom. The van der Waals surface area contributed by atoms with Gasteiger partial charge < -0.3 is 14.6 Å². The molecule has 0 aliphatic carbocycles. The summed E-state index contributed by atoms with van der Waals surface area (Å²) in [5, 5.41) is 9.14. The van der Waals surface area contributed by atoms with Crippen LogP contribution in [0, 0.1) is 0 Å². The van der Waals surface area contributed by atoms with Crippen LogP contribution in [0.3, 0.4) is 0 Å². The van der Waals surface area contributed by atoms with Crippen LogP contribution in [0.1, 0.15) is 13.3 Å². The summed E-state index contributed by atoms with van der Waals surface area (Å²) in [6.07, 6.45) is 2.67. The fourth-order valence-electron chi connectivity index (χ4n) is 1.62. The largest absolute Gasteiger partial charge is 0.508 e. The van der Waals surface area contributed by atoms with Crippen molar-refractivity contribution in [3.05, 3.63) is 36.6 Å². The van der Waals surface area contributed by atoms with Crippen molar-refractivity contribution < 1.29 is 19.4 Å². The molecule has 1 aliphatic heterocycles. The molecule has 0 bridgehead atoms. The first-order valence-electron chi connectivity index (χ1n) is 5.45. The molecule has 0 radical (unpaired) electrons. The fourth-order valence-corrected chi connectivity index (χ4v) is 1.62. The van der Waals surface area contributed by atoms with E-state index in [4.69, 9.17) is 14.6 Å². The van der Waals surface area contributed by atoms with Gasteiger partial charge in [-0.15, -0.1) is 0 Å². The number of aromatic hydroxyl groups is 1. The van der Waals surface area contributed by atoms with Gasteiger partial charge in [0.15, 0.2) is 5.78 Å². The quantitative estimate of drug-likeness (QED) is 0.869. The number of rotatable bonds is 3. The predicted octanol–water partition coefficient (Wildman–Crippen LogP) is 2.03. The third-order valence-corrected chi connectivity index (χ3v) is 2.59. The standard InChI is InChI=1S/C13H14O4/c1-9(13-8-11(15)6-7-16-13)17-12-4-2-10(14)3-5-12/h2-7,9,13-14H,8H2,1H3/t9-,13-/m1/s1. The Morgan fingerprint density at radius 2 is 2.12 bits per heavy atom. The van der Waals surface area contributed by atoms with Crippen LogP contribution in [0.4, 0.5) is 0 Å². The summed E-state index contributed by atoms with van der Waals surface area (Å²) < 4.78 is 11.0. The van der Waals surface area contributed by atoms with E-state index in [1.54, 1.807) is 24.3 Å². The third kappa shape index (κ3) is 3.00. The summed E-state index contributed by atoms with van der Waals surface area (Å²) in [6, 6.07) is 6.45. The van der Waals surface area contributed by atoms with E-state index in [9.17, 15) is 4.79 Å². The number of phenols is 1. The molecule has 0 unspecified atom stereocenters. The van der Waals surface area contributed by atoms with Crippen molar-refractivity contribution in [3.8, 4) is 11.5 Å². The average molecular weight is 234 g/mol. The molecular formula is C13H14O4. The molecule has 4 heteroatoms. The lowest BCUT2D eigenvalue weighted by Crippen LogP contribution is -2.33. The van der Waals surface area contributed by atoms with Crippen molar-refractivity contribution >= 4 is 5.78 Å². The van der Waals surface area contributed by atoms with E-state index >= 15 is 0 Å². The summed E-state index contributed by atoms with van der Waals surface area (Å²) in [7, 11) is 0. The highest BCUT2D eigenvalue weighted by atomic mass is 16.5. The molecule has 0 amide bonds. The van der Waals surface area contributed by atoms with Gasteiger partial charge in [0, 0.05) is 6.08 Å². The molecule has 90 valence electrons. The van der Waals surface area contributed by atoms with Crippen LogP contribution >= 0.6 is 0 Å². The number of allylic oxidation sites excluding steroid dienone is 1. The van der Waals surface area contributed by atoms with Crippen LogP contribution < -0.4 is 4.74 Å². The number of benzene rings is 1. The number of hydrogen-bond donors (Lipinski definition) is 1. The molecule has 1 heterocycles. The van der Waals surface area contributed by atoms with Crippen molar-refractivity contribution in [1.82, 2.24) is 0 Å². The van der Waals surface area contributed by atoms with Crippen LogP contribution in [0.15, 0.2) is 36.6 Å². The number of ketones is 1. The first-order valence-corrected chi connectivity index (χ1v) is 5.45. The zero-order valence-electron chi connectivity index (χ0n) is 9.50. The Morgan fingerprint density at radius 1 is 1.41 bits per heavy atom. The minimum atomic E-state index is -0.263. The van der Waals surface area contributed by atoms with Crippen LogP contribution in [-0.2, 0) is 9.53 Å². The maximum absolute atomic E-state index is 11.2. The number of hydrogen-bond acceptors (Lipinski definition) is 4. The minimum absolute atomic E-state index is 0.0439. The first-order chi connectivity index (χ1) is 8.15. The number of carbonyl (C=O) groups excluding carboxylic acids is 1. The highest BCUT2D eigenvalue weighted by molar-refractivity contribution is 5.90. The van der Waals surface area contributed by atoms with Gasteiger partial charge in [-0.1, -0.05) is 0 Å². The molecule has 4 nitrogen and oxygen atoms in total. The lowest BCUT2D eigenvalue weighted by atomic mass is 10.1. The predicted molar refractivity (Wildman–Crippen MR) is 61.8 cm³/mol. The van der Waals surface area contributed by atoms with Gasteiger partial charge in [0.1, 0.15) is 23.7 Å². The molecule has 0 fully saturated rings. The molecule has 17 heavy (non-hydrogen) atoms. The molecule has 1 aromatic carbocycles. The number of carbonyl (C=O) groups is 1. The van der Waals surface area contributed by atoms with E-state index in [1.807, 2.05) is 6.92 Å². The lowest BCUT2D eigenvalue weighted by Gasteiger charge is -2.25. The molecule has 1 aliphatic rings. The summed E-state index contributed by atoms with van der Waals surface area (Å²) in [5.41, 5.74) is 0. The van der Waals surface area contributed by atoms with E-state index in [0.29, 0.717) is 12.2 Å².